The molecule has 0 aliphatic carbocycles. The van der Waals surface area contributed by atoms with Gasteiger partial charge in [-0.25, -0.2) is 0 Å². The van der Waals surface area contributed by atoms with E-state index in [-0.39, 0.29) is 12.3 Å². The van der Waals surface area contributed by atoms with Gasteiger partial charge in [-0.1, -0.05) is 6.42 Å². The van der Waals surface area contributed by atoms with Crippen molar-refractivity contribution >= 4 is 11.8 Å². The summed E-state index contributed by atoms with van der Waals surface area (Å²) < 4.78 is 18.4. The Morgan fingerprint density at radius 2 is 1.52 bits per heavy atom. The van der Waals surface area contributed by atoms with Crippen LogP contribution in [-0.2, 0) is 14.2 Å². The molecule has 0 spiro atoms. The lowest BCUT2D eigenvalue weighted by Crippen LogP contribution is -2.66. The van der Waals surface area contributed by atoms with Crippen molar-refractivity contribution in [3.8, 4) is 0 Å². The Hall–Kier alpha value is 0.110. The first kappa shape index (κ1) is 16.6. The smallest absolute Gasteiger partial charge is 0.222 e. The van der Waals surface area contributed by atoms with E-state index in [1.165, 1.54) is 30.8 Å². The monoisotopic (exact) mass is 343 g/mol. The zero-order chi connectivity index (χ0) is 15.5. The van der Waals surface area contributed by atoms with E-state index in [1.807, 2.05) is 11.8 Å². The fourth-order valence-electron chi connectivity index (χ4n) is 4.07. The number of piperidine rings is 1. The predicted molar refractivity (Wildman–Crippen MR) is 90.3 cm³/mol. The SMILES string of the molecule is C1CCN(C2(N3CCOCC3)COC(N3CCSCC3)O2)CC1. The average molecular weight is 343 g/mol. The Labute approximate surface area is 143 Å². The van der Waals surface area contributed by atoms with Crippen LogP contribution < -0.4 is 0 Å². The molecule has 0 amide bonds. The molecule has 0 aromatic rings. The van der Waals surface area contributed by atoms with Crippen molar-refractivity contribution in [1.82, 2.24) is 14.7 Å². The molecule has 2 atom stereocenters. The molecule has 2 unspecified atom stereocenters. The number of hydrogen-bond donors (Lipinski definition) is 0. The van der Waals surface area contributed by atoms with Gasteiger partial charge in [-0.15, -0.1) is 0 Å². The Balaban J connectivity index is 1.50. The summed E-state index contributed by atoms with van der Waals surface area (Å²) >= 11 is 2.02. The number of hydrogen-bond acceptors (Lipinski definition) is 7. The molecular formula is C16H29N3O3S. The quantitative estimate of drug-likeness (QED) is 0.752. The van der Waals surface area contributed by atoms with Crippen LogP contribution in [-0.4, -0.2) is 97.6 Å². The van der Waals surface area contributed by atoms with E-state index in [1.54, 1.807) is 0 Å². The van der Waals surface area contributed by atoms with Crippen LogP contribution in [0.3, 0.4) is 0 Å². The van der Waals surface area contributed by atoms with Gasteiger partial charge in [0.25, 0.3) is 0 Å². The second kappa shape index (κ2) is 7.56. The first-order valence-corrected chi connectivity index (χ1v) is 10.2. The van der Waals surface area contributed by atoms with Crippen LogP contribution in [0.5, 0.6) is 0 Å². The van der Waals surface area contributed by atoms with E-state index in [9.17, 15) is 0 Å². The summed E-state index contributed by atoms with van der Waals surface area (Å²) in [6.45, 7) is 8.47. The van der Waals surface area contributed by atoms with Crippen LogP contribution in [0.15, 0.2) is 0 Å². The first-order valence-electron chi connectivity index (χ1n) is 9.08. The van der Waals surface area contributed by atoms with Crippen LogP contribution in [0, 0.1) is 0 Å². The molecule has 0 saturated carbocycles. The molecule has 6 nitrogen and oxygen atoms in total. The molecule has 0 aromatic carbocycles. The van der Waals surface area contributed by atoms with Gasteiger partial charge in [0, 0.05) is 50.8 Å². The number of thioether (sulfide) groups is 1. The molecule has 0 bridgehead atoms. The minimum atomic E-state index is -0.376. The van der Waals surface area contributed by atoms with E-state index >= 15 is 0 Å². The molecule has 23 heavy (non-hydrogen) atoms. The zero-order valence-electron chi connectivity index (χ0n) is 14.0. The van der Waals surface area contributed by atoms with E-state index in [0.717, 1.165) is 52.5 Å². The fraction of sp³-hybridized carbons (Fsp3) is 1.00. The molecule has 0 radical (unpaired) electrons. The maximum atomic E-state index is 6.66. The highest BCUT2D eigenvalue weighted by atomic mass is 32.2. The molecule has 4 fully saturated rings. The summed E-state index contributed by atoms with van der Waals surface area (Å²) in [5, 5.41) is 0. The van der Waals surface area contributed by atoms with E-state index in [4.69, 9.17) is 14.2 Å². The van der Waals surface area contributed by atoms with Crippen molar-refractivity contribution in [3.63, 3.8) is 0 Å². The van der Waals surface area contributed by atoms with E-state index < -0.39 is 0 Å². The van der Waals surface area contributed by atoms with E-state index in [0.29, 0.717) is 6.61 Å². The summed E-state index contributed by atoms with van der Waals surface area (Å²) in [5.41, 5.74) is 0. The molecule has 4 aliphatic heterocycles. The Kier molecular flexibility index (Phi) is 5.44. The highest BCUT2D eigenvalue weighted by Crippen LogP contribution is 2.35. The minimum Gasteiger partial charge on any atom is -0.379 e. The normalized spacial score (nSPS) is 38.9. The highest BCUT2D eigenvalue weighted by molar-refractivity contribution is 7.99. The van der Waals surface area contributed by atoms with Crippen molar-refractivity contribution < 1.29 is 14.2 Å². The second-order valence-electron chi connectivity index (χ2n) is 6.77. The number of likely N-dealkylation sites (tertiary alicyclic amines) is 1. The molecular weight excluding hydrogens is 314 g/mol. The van der Waals surface area contributed by atoms with Crippen LogP contribution in [0.4, 0.5) is 0 Å². The molecule has 132 valence electrons. The molecule has 4 rings (SSSR count). The third-order valence-corrected chi connectivity index (χ3v) is 6.35. The topological polar surface area (TPSA) is 37.4 Å². The third-order valence-electron chi connectivity index (χ3n) is 5.40. The third kappa shape index (κ3) is 3.42. The van der Waals surface area contributed by atoms with Crippen LogP contribution in [0.1, 0.15) is 19.3 Å². The van der Waals surface area contributed by atoms with Gasteiger partial charge < -0.3 is 14.2 Å². The van der Waals surface area contributed by atoms with Gasteiger partial charge in [-0.2, -0.15) is 11.8 Å². The Bertz CT molecular complexity index is 365. The largest absolute Gasteiger partial charge is 0.379 e. The number of morpholine rings is 1. The molecule has 0 N–H and O–H groups in total. The maximum Gasteiger partial charge on any atom is 0.222 e. The standard InChI is InChI=1S/C16H29N3O3S/c1-2-4-18(5-3-1)16(19-6-10-20-11-7-19)14-21-15(22-16)17-8-12-23-13-9-17/h15H,1-14H2. The lowest BCUT2D eigenvalue weighted by molar-refractivity contribution is -0.275. The van der Waals surface area contributed by atoms with Gasteiger partial charge >= 0.3 is 0 Å². The summed E-state index contributed by atoms with van der Waals surface area (Å²) in [5.74, 6) is 1.98. The molecule has 4 saturated heterocycles. The summed E-state index contributed by atoms with van der Waals surface area (Å²) in [7, 11) is 0. The Morgan fingerprint density at radius 3 is 2.26 bits per heavy atom. The van der Waals surface area contributed by atoms with Crippen molar-refractivity contribution in [1.29, 1.82) is 0 Å². The highest BCUT2D eigenvalue weighted by Gasteiger charge is 2.52. The summed E-state index contributed by atoms with van der Waals surface area (Å²) in [4.78, 5) is 7.35. The first-order chi connectivity index (χ1) is 11.4. The van der Waals surface area contributed by atoms with Crippen molar-refractivity contribution in [2.45, 2.75) is 31.5 Å². The lowest BCUT2D eigenvalue weighted by atomic mass is 10.1. The number of ether oxygens (including phenoxy) is 3. The Morgan fingerprint density at radius 1 is 0.826 bits per heavy atom. The molecule has 0 aromatic heterocycles. The lowest BCUT2D eigenvalue weighted by Gasteiger charge is -2.49. The minimum absolute atomic E-state index is 0.180. The van der Waals surface area contributed by atoms with Gasteiger partial charge in [-0.05, 0) is 12.8 Å². The fourth-order valence-corrected chi connectivity index (χ4v) is 5.00. The summed E-state index contributed by atoms with van der Waals surface area (Å²) in [6.07, 6.45) is 3.69. The zero-order valence-corrected chi connectivity index (χ0v) is 14.8. The molecule has 4 aliphatic rings. The van der Waals surface area contributed by atoms with Gasteiger partial charge in [0.05, 0.1) is 13.2 Å². The number of nitrogens with zero attached hydrogens (tertiary/aromatic N) is 3. The van der Waals surface area contributed by atoms with Gasteiger partial charge in [0.2, 0.25) is 12.3 Å². The second-order valence-corrected chi connectivity index (χ2v) is 8.00. The average Bonchev–Trinajstić information content (AvgIpc) is 3.11. The maximum absolute atomic E-state index is 6.66. The van der Waals surface area contributed by atoms with E-state index in [2.05, 4.69) is 14.7 Å². The molecule has 4 heterocycles. The number of rotatable bonds is 3. The predicted octanol–water partition coefficient (Wildman–Crippen LogP) is 0.838. The molecule has 7 heteroatoms. The van der Waals surface area contributed by atoms with Gasteiger partial charge in [-0.3, -0.25) is 14.7 Å². The van der Waals surface area contributed by atoms with Crippen LogP contribution >= 0.6 is 11.8 Å². The van der Waals surface area contributed by atoms with Crippen LogP contribution in [0.25, 0.3) is 0 Å². The van der Waals surface area contributed by atoms with Gasteiger partial charge in [0.1, 0.15) is 6.61 Å². The van der Waals surface area contributed by atoms with Crippen molar-refractivity contribution in [2.24, 2.45) is 0 Å². The van der Waals surface area contributed by atoms with Gasteiger partial charge in [0.15, 0.2) is 0 Å². The van der Waals surface area contributed by atoms with Crippen molar-refractivity contribution in [2.75, 3.05) is 70.6 Å². The summed E-state index contributed by atoms with van der Waals surface area (Å²) in [6, 6.07) is 0. The van der Waals surface area contributed by atoms with Crippen molar-refractivity contribution in [3.05, 3.63) is 0 Å². The van der Waals surface area contributed by atoms with Crippen LogP contribution in [0.2, 0.25) is 0 Å².